The fraction of sp³-hybridized carbons (Fsp3) is 0.412. The summed E-state index contributed by atoms with van der Waals surface area (Å²) in [7, 11) is -3.67. The summed E-state index contributed by atoms with van der Waals surface area (Å²) in [6, 6.07) is 2.61. The van der Waals surface area contributed by atoms with Crippen molar-refractivity contribution < 1.29 is 28.2 Å². The molecule has 0 saturated carbocycles. The van der Waals surface area contributed by atoms with Gasteiger partial charge in [0.25, 0.3) is 0 Å². The van der Waals surface area contributed by atoms with E-state index < -0.39 is 21.9 Å². The van der Waals surface area contributed by atoms with E-state index in [4.69, 9.17) is 16.3 Å². The van der Waals surface area contributed by atoms with Crippen molar-refractivity contribution in [2.75, 3.05) is 30.9 Å². The number of aliphatic hydroxyl groups is 1. The molecule has 3 N–H and O–H groups in total. The minimum atomic E-state index is -3.67. The number of hydrogen-bond donors (Lipinski definition) is 3. The Kier molecular flexibility index (Phi) is 5.67. The number of morpholine rings is 1. The van der Waals surface area contributed by atoms with Crippen LogP contribution in [0.3, 0.4) is 0 Å². The minimum Gasteiger partial charge on any atom is -0.493 e. The highest BCUT2D eigenvalue weighted by Gasteiger charge is 2.30. The van der Waals surface area contributed by atoms with Crippen molar-refractivity contribution in [1.82, 2.24) is 10.2 Å². The first-order chi connectivity index (χ1) is 13.1. The maximum absolute atomic E-state index is 13.0. The van der Waals surface area contributed by atoms with Crippen LogP contribution in [-0.4, -0.2) is 66.9 Å². The SMILES string of the molecule is CCc1n[nH]c(O)c1C(=O)c1ccc(S(C)(=O)=O)c(N2CCOC(O)C2)c1Cl. The third-order valence-corrected chi connectivity index (χ3v) is 5.98. The van der Waals surface area contributed by atoms with Gasteiger partial charge in [0.2, 0.25) is 11.7 Å². The Balaban J connectivity index is 2.18. The maximum Gasteiger partial charge on any atom is 0.218 e. The number of anilines is 1. The minimum absolute atomic E-state index is 0.00292. The zero-order valence-corrected chi connectivity index (χ0v) is 16.8. The number of carbonyl (C=O) groups is 1. The molecule has 1 unspecified atom stereocenters. The third-order valence-electron chi connectivity index (χ3n) is 4.47. The smallest absolute Gasteiger partial charge is 0.218 e. The van der Waals surface area contributed by atoms with Crippen LogP contribution < -0.4 is 4.90 Å². The number of aliphatic hydroxyl groups excluding tert-OH is 1. The van der Waals surface area contributed by atoms with Crippen molar-refractivity contribution in [2.24, 2.45) is 0 Å². The highest BCUT2D eigenvalue weighted by molar-refractivity contribution is 7.90. The first-order valence-electron chi connectivity index (χ1n) is 8.53. The standard InChI is InChI=1S/C17H20ClN3O6S/c1-3-10-13(17(24)20-19-10)16(23)9-4-5-11(28(2,25)26)15(14(9)18)21-6-7-27-12(22)8-21/h4-5,12,22H,3,6-8H2,1-2H3,(H2,19,20,24). The van der Waals surface area contributed by atoms with Crippen LogP contribution in [-0.2, 0) is 21.0 Å². The molecule has 2 aromatic rings. The number of aryl methyl sites for hydroxylation is 1. The van der Waals surface area contributed by atoms with Gasteiger partial charge in [-0.25, -0.2) is 13.5 Å². The number of aromatic amines is 1. The van der Waals surface area contributed by atoms with Crippen LogP contribution in [0.4, 0.5) is 5.69 Å². The molecule has 0 amide bonds. The van der Waals surface area contributed by atoms with Crippen LogP contribution in [0.15, 0.2) is 17.0 Å². The molecule has 0 aliphatic carbocycles. The topological polar surface area (TPSA) is 133 Å². The predicted molar refractivity (Wildman–Crippen MR) is 102 cm³/mol. The second-order valence-corrected chi connectivity index (χ2v) is 8.76. The normalized spacial score (nSPS) is 17.7. The van der Waals surface area contributed by atoms with E-state index >= 15 is 0 Å². The quantitative estimate of drug-likeness (QED) is 0.602. The van der Waals surface area contributed by atoms with E-state index in [1.165, 1.54) is 12.1 Å². The van der Waals surface area contributed by atoms with E-state index in [9.17, 15) is 23.4 Å². The monoisotopic (exact) mass is 429 g/mol. The van der Waals surface area contributed by atoms with Crippen LogP contribution >= 0.6 is 11.6 Å². The van der Waals surface area contributed by atoms with Gasteiger partial charge in [-0.2, -0.15) is 5.10 Å². The molecule has 11 heteroatoms. The average Bonchev–Trinajstić information content (AvgIpc) is 3.00. The maximum atomic E-state index is 13.0. The molecule has 1 aromatic heterocycles. The Morgan fingerprint density at radius 3 is 2.79 bits per heavy atom. The summed E-state index contributed by atoms with van der Waals surface area (Å²) in [6.45, 7) is 2.23. The summed E-state index contributed by atoms with van der Waals surface area (Å²) in [6.07, 6.45) is 0.332. The molecule has 1 aromatic carbocycles. The van der Waals surface area contributed by atoms with Gasteiger partial charge in [0, 0.05) is 18.4 Å². The molecule has 0 bridgehead atoms. The van der Waals surface area contributed by atoms with Crippen molar-refractivity contribution in [2.45, 2.75) is 24.5 Å². The van der Waals surface area contributed by atoms with Gasteiger partial charge in [-0.1, -0.05) is 18.5 Å². The molecule has 2 heterocycles. The molecule has 0 spiro atoms. The highest BCUT2D eigenvalue weighted by Crippen LogP contribution is 2.38. The fourth-order valence-corrected chi connectivity index (χ4v) is 4.47. The Morgan fingerprint density at radius 2 is 2.18 bits per heavy atom. The number of carbonyl (C=O) groups excluding carboxylic acids is 1. The number of ketones is 1. The molecule has 9 nitrogen and oxygen atoms in total. The number of aromatic nitrogens is 2. The lowest BCUT2D eigenvalue weighted by atomic mass is 10.0. The second kappa shape index (κ2) is 7.70. The molecule has 1 aliphatic heterocycles. The van der Waals surface area contributed by atoms with Crippen LogP contribution in [0.1, 0.15) is 28.5 Å². The van der Waals surface area contributed by atoms with Gasteiger partial charge >= 0.3 is 0 Å². The lowest BCUT2D eigenvalue weighted by Crippen LogP contribution is -2.43. The Morgan fingerprint density at radius 1 is 1.46 bits per heavy atom. The number of halogens is 1. The molecular weight excluding hydrogens is 410 g/mol. The zero-order valence-electron chi connectivity index (χ0n) is 15.3. The Bertz CT molecular complexity index is 1020. The number of rotatable bonds is 5. The number of ether oxygens (including phenoxy) is 1. The van der Waals surface area contributed by atoms with Gasteiger partial charge in [-0.05, 0) is 18.6 Å². The van der Waals surface area contributed by atoms with E-state index in [-0.39, 0.29) is 52.3 Å². The molecule has 152 valence electrons. The third kappa shape index (κ3) is 3.72. The first kappa shape index (κ1) is 20.6. The van der Waals surface area contributed by atoms with Crippen molar-refractivity contribution in [1.29, 1.82) is 0 Å². The summed E-state index contributed by atoms with van der Waals surface area (Å²) < 4.78 is 29.6. The van der Waals surface area contributed by atoms with Crippen LogP contribution in [0.5, 0.6) is 5.88 Å². The van der Waals surface area contributed by atoms with Crippen molar-refractivity contribution in [3.05, 3.63) is 34.0 Å². The van der Waals surface area contributed by atoms with Crippen molar-refractivity contribution in [3.8, 4) is 5.88 Å². The molecule has 1 fully saturated rings. The van der Waals surface area contributed by atoms with E-state index in [2.05, 4.69) is 10.2 Å². The van der Waals surface area contributed by atoms with Gasteiger partial charge in [-0.15, -0.1) is 0 Å². The summed E-state index contributed by atoms with van der Waals surface area (Å²) >= 11 is 6.50. The van der Waals surface area contributed by atoms with E-state index in [1.54, 1.807) is 11.8 Å². The molecule has 0 radical (unpaired) electrons. The highest BCUT2D eigenvalue weighted by atomic mass is 35.5. The van der Waals surface area contributed by atoms with Gasteiger partial charge in [0.15, 0.2) is 16.1 Å². The summed E-state index contributed by atoms with van der Waals surface area (Å²) in [5, 5.41) is 26.0. The Hall–Kier alpha value is -2.14. The number of hydrogen-bond acceptors (Lipinski definition) is 8. The van der Waals surface area contributed by atoms with Gasteiger partial charge in [0.05, 0.1) is 34.5 Å². The number of aromatic hydroxyl groups is 1. The van der Waals surface area contributed by atoms with E-state index in [0.717, 1.165) is 6.26 Å². The first-order valence-corrected chi connectivity index (χ1v) is 10.8. The van der Waals surface area contributed by atoms with E-state index in [0.29, 0.717) is 12.1 Å². The van der Waals surface area contributed by atoms with E-state index in [1.807, 2.05) is 0 Å². The Labute approximate surface area is 166 Å². The number of benzene rings is 1. The number of nitrogens with zero attached hydrogens (tertiary/aromatic N) is 2. The van der Waals surface area contributed by atoms with Crippen molar-refractivity contribution >= 4 is 32.9 Å². The zero-order chi connectivity index (χ0) is 20.6. The number of nitrogens with one attached hydrogen (secondary N) is 1. The number of H-pyrrole nitrogens is 1. The summed E-state index contributed by atoms with van der Waals surface area (Å²) in [4.78, 5) is 14.6. The van der Waals surface area contributed by atoms with Gasteiger partial charge in [-0.3, -0.25) is 4.79 Å². The van der Waals surface area contributed by atoms with Gasteiger partial charge in [0.1, 0.15) is 5.56 Å². The lowest BCUT2D eigenvalue weighted by Gasteiger charge is -2.34. The average molecular weight is 430 g/mol. The second-order valence-electron chi connectivity index (χ2n) is 6.39. The summed E-state index contributed by atoms with van der Waals surface area (Å²) in [5.41, 5.74) is 0.508. The molecule has 3 rings (SSSR count). The largest absolute Gasteiger partial charge is 0.493 e. The number of β-amino-alcohol motifs (C(OH)–C–C–N with tert-alkyl or cyclic N) is 1. The molecule has 1 saturated heterocycles. The number of sulfone groups is 1. The molecular formula is C17H20ClN3O6S. The molecule has 1 atom stereocenters. The predicted octanol–water partition coefficient (Wildman–Crippen LogP) is 1.12. The van der Waals surface area contributed by atoms with Crippen molar-refractivity contribution in [3.63, 3.8) is 0 Å². The lowest BCUT2D eigenvalue weighted by molar-refractivity contribution is -0.104. The van der Waals surface area contributed by atoms with Gasteiger partial charge < -0.3 is 19.8 Å². The molecule has 1 aliphatic rings. The summed E-state index contributed by atoms with van der Waals surface area (Å²) in [5.74, 6) is -0.961. The van der Waals surface area contributed by atoms with Crippen LogP contribution in [0.2, 0.25) is 5.02 Å². The van der Waals surface area contributed by atoms with Crippen LogP contribution in [0.25, 0.3) is 0 Å². The van der Waals surface area contributed by atoms with Crippen LogP contribution in [0, 0.1) is 0 Å². The fourth-order valence-electron chi connectivity index (χ4n) is 3.15. The molecule has 28 heavy (non-hydrogen) atoms.